The van der Waals surface area contributed by atoms with Crippen molar-refractivity contribution in [2.45, 2.75) is 33.1 Å². The first-order chi connectivity index (χ1) is 16.5. The first-order valence-electron chi connectivity index (χ1n) is 11.0. The number of rotatable bonds is 6. The van der Waals surface area contributed by atoms with E-state index in [1.807, 2.05) is 18.4 Å². The van der Waals surface area contributed by atoms with E-state index in [1.54, 1.807) is 29.9 Å². The van der Waals surface area contributed by atoms with Crippen LogP contribution in [0.1, 0.15) is 25.0 Å². The monoisotopic (exact) mass is 504 g/mol. The number of alkyl halides is 3. The fourth-order valence-electron chi connectivity index (χ4n) is 3.96. The van der Waals surface area contributed by atoms with Crippen molar-refractivity contribution in [1.29, 1.82) is 0 Å². The third-order valence-corrected chi connectivity index (χ3v) is 6.15. The highest BCUT2D eigenvalue weighted by Gasteiger charge is 2.30. The molecule has 0 amide bonds. The molecule has 0 atom stereocenters. The van der Waals surface area contributed by atoms with E-state index >= 15 is 0 Å². The minimum Gasteiger partial charge on any atom is -0.341 e. The third kappa shape index (κ3) is 5.02. The van der Waals surface area contributed by atoms with Crippen LogP contribution < -0.4 is 11.0 Å². The van der Waals surface area contributed by atoms with Gasteiger partial charge >= 0.3 is 11.9 Å². The lowest BCUT2D eigenvalue weighted by Crippen LogP contribution is -2.31. The molecule has 1 N–H and O–H groups in total. The Kier molecular flexibility index (Phi) is 6.59. The molecule has 0 spiro atoms. The van der Waals surface area contributed by atoms with E-state index in [1.165, 1.54) is 28.8 Å². The second-order valence-electron chi connectivity index (χ2n) is 8.84. The van der Waals surface area contributed by atoms with E-state index in [9.17, 15) is 22.4 Å². The minimum absolute atomic E-state index is 0.179. The lowest BCUT2D eigenvalue weighted by molar-refractivity contribution is -0.137. The summed E-state index contributed by atoms with van der Waals surface area (Å²) in [5.41, 5.74) is 0.862. The van der Waals surface area contributed by atoms with Crippen molar-refractivity contribution >= 4 is 34.6 Å². The smallest absolute Gasteiger partial charge is 0.341 e. The number of hydrogen-bond acceptors (Lipinski definition) is 3. The number of benzene rings is 2. The number of halogens is 4. The Bertz CT molecular complexity index is 1480. The van der Waals surface area contributed by atoms with Gasteiger partial charge in [0.05, 0.1) is 16.5 Å². The van der Waals surface area contributed by atoms with Gasteiger partial charge in [-0.3, -0.25) is 9.13 Å². The Labute approximate surface area is 204 Å². The van der Waals surface area contributed by atoms with Crippen LogP contribution in [0.5, 0.6) is 0 Å². The number of nitrogens with one attached hydrogen (secondary N) is 1. The van der Waals surface area contributed by atoms with Gasteiger partial charge in [-0.25, -0.2) is 9.18 Å². The molecule has 0 aliphatic carbocycles. The molecule has 0 unspecified atom stereocenters. The summed E-state index contributed by atoms with van der Waals surface area (Å²) < 4.78 is 57.6. The van der Waals surface area contributed by atoms with Crippen molar-refractivity contribution in [2.24, 2.45) is 13.0 Å². The first kappa shape index (κ1) is 24.7. The van der Waals surface area contributed by atoms with Crippen LogP contribution in [0.25, 0.3) is 10.9 Å². The van der Waals surface area contributed by atoms with Gasteiger partial charge in [-0.05, 0) is 47.9 Å². The Balaban J connectivity index is 1.90. The number of fused-ring (bicyclic) bond motifs is 1. The van der Waals surface area contributed by atoms with Crippen molar-refractivity contribution in [3.8, 4) is 0 Å². The number of anilines is 2. The second kappa shape index (κ2) is 9.33. The molecule has 0 aliphatic heterocycles. The van der Waals surface area contributed by atoms with E-state index in [4.69, 9.17) is 12.2 Å². The zero-order chi connectivity index (χ0) is 25.5. The largest absolute Gasteiger partial charge is 0.416 e. The molecule has 2 aromatic heterocycles. The molecule has 2 aromatic carbocycles. The summed E-state index contributed by atoms with van der Waals surface area (Å²) in [6.45, 7) is 4.68. The maximum atomic E-state index is 13.5. The first-order valence-corrected chi connectivity index (χ1v) is 11.4. The molecule has 0 aliphatic rings. The van der Waals surface area contributed by atoms with Crippen molar-refractivity contribution in [3.05, 3.63) is 86.8 Å². The van der Waals surface area contributed by atoms with Crippen LogP contribution in [0, 0.1) is 16.4 Å². The third-order valence-electron chi connectivity index (χ3n) is 5.67. The maximum Gasteiger partial charge on any atom is 0.416 e. The summed E-state index contributed by atoms with van der Waals surface area (Å²) in [4.78, 5) is 13.0. The molecule has 5 nitrogen and oxygen atoms in total. The van der Waals surface area contributed by atoms with Crippen molar-refractivity contribution in [3.63, 3.8) is 0 Å². The highest BCUT2D eigenvalue weighted by Crippen LogP contribution is 2.32. The Morgan fingerprint density at radius 1 is 1.03 bits per heavy atom. The van der Waals surface area contributed by atoms with E-state index in [0.29, 0.717) is 39.2 Å². The Morgan fingerprint density at radius 3 is 2.23 bits per heavy atom. The lowest BCUT2D eigenvalue weighted by Gasteiger charge is -2.14. The van der Waals surface area contributed by atoms with Crippen LogP contribution in [0.4, 0.5) is 29.1 Å². The molecule has 10 heteroatoms. The highest BCUT2D eigenvalue weighted by atomic mass is 32.1. The number of hydrogen-bond donors (Lipinski definition) is 1. The average Bonchev–Trinajstić information content (AvgIpc) is 3.14. The summed E-state index contributed by atoms with van der Waals surface area (Å²) in [6, 6.07) is 10.7. The molecule has 0 saturated heterocycles. The Morgan fingerprint density at radius 2 is 1.66 bits per heavy atom. The molecule has 0 fully saturated rings. The van der Waals surface area contributed by atoms with Crippen LogP contribution in [-0.2, 0) is 26.3 Å². The highest BCUT2D eigenvalue weighted by molar-refractivity contribution is 7.71. The molecule has 0 bridgehead atoms. The quantitative estimate of drug-likeness (QED) is 0.242. The minimum atomic E-state index is -4.42. The fraction of sp³-hybridized carbons (Fsp3) is 0.280. The zero-order valence-electron chi connectivity index (χ0n) is 19.4. The lowest BCUT2D eigenvalue weighted by atomic mass is 10.1. The normalized spacial score (nSPS) is 12.0. The van der Waals surface area contributed by atoms with Gasteiger partial charge in [0, 0.05) is 32.0 Å². The van der Waals surface area contributed by atoms with Crippen LogP contribution in [0.2, 0.25) is 0 Å². The van der Waals surface area contributed by atoms with Crippen molar-refractivity contribution in [2.75, 3.05) is 5.32 Å². The van der Waals surface area contributed by atoms with Gasteiger partial charge in [-0.15, -0.1) is 0 Å². The molecule has 0 saturated carbocycles. The van der Waals surface area contributed by atoms with E-state index in [2.05, 4.69) is 5.32 Å². The summed E-state index contributed by atoms with van der Waals surface area (Å²) >= 11 is 5.63. The average molecular weight is 505 g/mol. The summed E-state index contributed by atoms with van der Waals surface area (Å²) in [7, 11) is 1.61. The van der Waals surface area contributed by atoms with Gasteiger partial charge in [0.15, 0.2) is 0 Å². The topological polar surface area (TPSA) is 43.9 Å². The van der Waals surface area contributed by atoms with Gasteiger partial charge in [0.25, 0.3) is 0 Å². The van der Waals surface area contributed by atoms with Gasteiger partial charge in [0.2, 0.25) is 0 Å². The van der Waals surface area contributed by atoms with E-state index in [0.717, 1.165) is 12.1 Å². The fourth-order valence-corrected chi connectivity index (χ4v) is 4.24. The van der Waals surface area contributed by atoms with Crippen molar-refractivity contribution in [1.82, 2.24) is 13.7 Å². The van der Waals surface area contributed by atoms with Gasteiger partial charge < -0.3 is 9.88 Å². The van der Waals surface area contributed by atoms with E-state index < -0.39 is 11.7 Å². The molecular weight excluding hydrogens is 480 g/mol. The van der Waals surface area contributed by atoms with Gasteiger partial charge in [0.1, 0.15) is 16.3 Å². The van der Waals surface area contributed by atoms with Crippen LogP contribution in [-0.4, -0.2) is 13.7 Å². The van der Waals surface area contributed by atoms with Crippen LogP contribution in [0.15, 0.2) is 59.5 Å². The summed E-state index contributed by atoms with van der Waals surface area (Å²) in [5, 5.41) is 3.89. The van der Waals surface area contributed by atoms with Crippen LogP contribution in [0.3, 0.4) is 0 Å². The number of nitrogens with zero attached hydrogens (tertiary/aromatic N) is 3. The molecule has 4 aromatic rings. The molecule has 0 radical (unpaired) electrons. The summed E-state index contributed by atoms with van der Waals surface area (Å²) in [6.07, 6.45) is -2.65. The molecule has 184 valence electrons. The molecular formula is C25H24F4N4OS. The molecule has 4 rings (SSSR count). The predicted octanol–water partition coefficient (Wildman–Crippen LogP) is 6.48. The van der Waals surface area contributed by atoms with E-state index in [-0.39, 0.29) is 24.0 Å². The van der Waals surface area contributed by atoms with Gasteiger partial charge in [-0.2, -0.15) is 13.2 Å². The number of aromatic nitrogens is 3. The SMILES string of the molecule is CC(C)Cn1c(=O)n(C)c(=S)c2c(Nc3ccc(F)cc3)n(Cc3ccc(C(F)(F)F)cc3)cc21. The zero-order valence-corrected chi connectivity index (χ0v) is 20.2. The van der Waals surface area contributed by atoms with Crippen LogP contribution >= 0.6 is 12.2 Å². The second-order valence-corrected chi connectivity index (χ2v) is 9.23. The standard InChI is InChI=1S/C25H24F4N4OS/c1-15(2)12-33-20-14-32(13-16-4-6-17(7-5-16)25(27,28)29)22(21(20)23(35)31(3)24(33)34)30-19-10-8-18(26)9-11-19/h4-11,14-15,30H,12-13H2,1-3H3. The Hall–Kier alpha value is -3.40. The molecule has 35 heavy (non-hydrogen) atoms. The van der Waals surface area contributed by atoms with Gasteiger partial charge in [-0.1, -0.05) is 38.2 Å². The van der Waals surface area contributed by atoms with Crippen molar-refractivity contribution < 1.29 is 17.6 Å². The predicted molar refractivity (Wildman–Crippen MR) is 131 cm³/mol. The molecule has 2 heterocycles. The summed E-state index contributed by atoms with van der Waals surface area (Å²) in [5.74, 6) is 0.352. The maximum absolute atomic E-state index is 13.5.